The number of hydrogen-bond acceptors (Lipinski definition) is 8. The summed E-state index contributed by atoms with van der Waals surface area (Å²) in [5, 5.41) is 13.0. The first-order chi connectivity index (χ1) is 22.7. The minimum atomic E-state index is -4.89. The van der Waals surface area contributed by atoms with E-state index in [0.717, 1.165) is 0 Å². The fourth-order valence-electron chi connectivity index (χ4n) is 6.07. The summed E-state index contributed by atoms with van der Waals surface area (Å²) in [5.74, 6) is -1.49. The van der Waals surface area contributed by atoms with Crippen molar-refractivity contribution >= 4 is 29.3 Å². The molecule has 6 rings (SSSR count). The number of piperidine rings is 1. The van der Waals surface area contributed by atoms with Gasteiger partial charge in [0.25, 0.3) is 17.8 Å². The molecule has 2 fully saturated rings. The maximum Gasteiger partial charge on any atom is 0.437 e. The lowest BCUT2D eigenvalue weighted by Gasteiger charge is -2.31. The fourth-order valence-corrected chi connectivity index (χ4v) is 6.07. The highest BCUT2D eigenvalue weighted by Crippen LogP contribution is 2.36. The first kappa shape index (κ1) is 32.0. The average Bonchev–Trinajstić information content (AvgIpc) is 3.42. The second-order valence-corrected chi connectivity index (χ2v) is 11.7. The van der Waals surface area contributed by atoms with Crippen molar-refractivity contribution < 1.29 is 32.3 Å². The van der Waals surface area contributed by atoms with Crippen LogP contribution in [-0.2, 0) is 11.0 Å². The number of nitrogens with zero attached hydrogens (tertiary/aromatic N) is 5. The van der Waals surface area contributed by atoms with Crippen molar-refractivity contribution in [3.63, 3.8) is 0 Å². The minimum absolute atomic E-state index is 0.186. The first-order valence-corrected chi connectivity index (χ1v) is 15.6. The number of alkyl halides is 3. The number of aliphatic hydroxyl groups is 1. The molecule has 47 heavy (non-hydrogen) atoms. The van der Waals surface area contributed by atoms with Gasteiger partial charge in [-0.3, -0.25) is 9.59 Å². The van der Waals surface area contributed by atoms with Gasteiger partial charge in [0.05, 0.1) is 11.9 Å². The van der Waals surface area contributed by atoms with Gasteiger partial charge in [-0.1, -0.05) is 60.7 Å². The van der Waals surface area contributed by atoms with E-state index in [-0.39, 0.29) is 23.5 Å². The van der Waals surface area contributed by atoms with E-state index in [1.807, 2.05) is 41.3 Å². The Morgan fingerprint density at radius 1 is 0.872 bits per heavy atom. The lowest BCUT2D eigenvalue weighted by molar-refractivity contribution is -0.141. The number of aliphatic hydroxyl groups excluding tert-OH is 1. The smallest absolute Gasteiger partial charge is 0.417 e. The van der Waals surface area contributed by atoms with E-state index >= 15 is 0 Å². The summed E-state index contributed by atoms with van der Waals surface area (Å²) in [6, 6.07) is 21.7. The molecule has 2 saturated heterocycles. The van der Waals surface area contributed by atoms with Gasteiger partial charge in [0, 0.05) is 39.3 Å². The molecule has 0 radical (unpaired) electrons. The Morgan fingerprint density at radius 2 is 1.57 bits per heavy atom. The van der Waals surface area contributed by atoms with Gasteiger partial charge in [0.15, 0.2) is 11.8 Å². The predicted molar refractivity (Wildman–Crippen MR) is 169 cm³/mol. The van der Waals surface area contributed by atoms with Crippen LogP contribution in [0.15, 0.2) is 83.4 Å². The molecule has 10 nitrogen and oxygen atoms in total. The number of rotatable bonds is 7. The van der Waals surface area contributed by atoms with Crippen molar-refractivity contribution in [3.8, 4) is 0 Å². The van der Waals surface area contributed by atoms with Gasteiger partial charge in [-0.2, -0.15) is 18.2 Å². The number of aromatic nitrogens is 2. The quantitative estimate of drug-likeness (QED) is 0.270. The molecule has 4 aromatic rings. The molecular formula is C34H35F3N6O4. The zero-order chi connectivity index (χ0) is 33.0. The standard InChI is InChI=1S/C34H35F3N6O4/c35-34(36,37)30-29(47-33(40-30)43-18-14-24(15-19-43)23-8-3-1-4-9-23)31(45)39-26-12-13-27(38-22-26)41-16-7-17-42(21-20-41)32(46)28(44)25-10-5-2-6-11-25/h1-6,8-13,22,24,28,44H,7,14-21H2,(H,39,45)/t28-/m1/s1. The molecule has 0 spiro atoms. The third-order valence-electron chi connectivity index (χ3n) is 8.61. The van der Waals surface area contributed by atoms with Crippen LogP contribution in [0.1, 0.15) is 58.7 Å². The average molecular weight is 649 g/mol. The highest BCUT2D eigenvalue weighted by molar-refractivity contribution is 6.03. The van der Waals surface area contributed by atoms with Crippen molar-refractivity contribution in [3.05, 3.63) is 102 Å². The number of amides is 2. The maximum atomic E-state index is 13.9. The van der Waals surface area contributed by atoms with E-state index < -0.39 is 29.6 Å². The molecular weight excluding hydrogens is 613 g/mol. The van der Waals surface area contributed by atoms with Crippen LogP contribution < -0.4 is 15.1 Å². The van der Waals surface area contributed by atoms with E-state index in [1.54, 1.807) is 46.2 Å². The van der Waals surface area contributed by atoms with Crippen LogP contribution in [0.2, 0.25) is 0 Å². The second-order valence-electron chi connectivity index (χ2n) is 11.7. The summed E-state index contributed by atoms with van der Waals surface area (Å²) in [6.07, 6.45) is -2.69. The van der Waals surface area contributed by atoms with Crippen LogP contribution in [0, 0.1) is 0 Å². The van der Waals surface area contributed by atoms with Crippen LogP contribution in [-0.4, -0.2) is 71.1 Å². The van der Waals surface area contributed by atoms with Gasteiger partial charge >= 0.3 is 6.18 Å². The van der Waals surface area contributed by atoms with E-state index in [2.05, 4.69) is 15.3 Å². The van der Waals surface area contributed by atoms with Gasteiger partial charge in [0.2, 0.25) is 5.76 Å². The number of carbonyl (C=O) groups excluding carboxylic acids is 2. The summed E-state index contributed by atoms with van der Waals surface area (Å²) in [7, 11) is 0. The summed E-state index contributed by atoms with van der Waals surface area (Å²) in [6.45, 7) is 2.80. The van der Waals surface area contributed by atoms with E-state index in [9.17, 15) is 27.9 Å². The molecule has 2 N–H and O–H groups in total. The number of carbonyl (C=O) groups is 2. The Hall–Kier alpha value is -4.91. The maximum absolute atomic E-state index is 13.9. The van der Waals surface area contributed by atoms with Crippen LogP contribution >= 0.6 is 0 Å². The first-order valence-electron chi connectivity index (χ1n) is 15.6. The van der Waals surface area contributed by atoms with Crippen LogP contribution in [0.4, 0.5) is 30.7 Å². The SMILES string of the molecule is O=C(Nc1ccc(N2CCCN(C(=O)[C@H](O)c3ccccc3)CC2)nc1)c1oc(N2CCC(c3ccccc3)CC2)nc1C(F)(F)F. The largest absolute Gasteiger partial charge is 0.437 e. The molecule has 4 heterocycles. The van der Waals surface area contributed by atoms with Crippen molar-refractivity contribution in [1.29, 1.82) is 0 Å². The molecule has 13 heteroatoms. The minimum Gasteiger partial charge on any atom is -0.417 e. The van der Waals surface area contributed by atoms with Crippen molar-refractivity contribution in [2.45, 2.75) is 37.5 Å². The van der Waals surface area contributed by atoms with Gasteiger partial charge < -0.3 is 29.5 Å². The lowest BCUT2D eigenvalue weighted by Crippen LogP contribution is -2.38. The Bertz CT molecular complexity index is 1660. The van der Waals surface area contributed by atoms with Gasteiger partial charge in [-0.15, -0.1) is 0 Å². The molecule has 2 aromatic carbocycles. The highest BCUT2D eigenvalue weighted by Gasteiger charge is 2.42. The summed E-state index contributed by atoms with van der Waals surface area (Å²) >= 11 is 0. The molecule has 0 unspecified atom stereocenters. The Morgan fingerprint density at radius 3 is 2.23 bits per heavy atom. The van der Waals surface area contributed by atoms with Gasteiger partial charge in [-0.25, -0.2) is 4.98 Å². The van der Waals surface area contributed by atoms with E-state index in [0.29, 0.717) is 69.9 Å². The number of anilines is 3. The Kier molecular flexibility index (Phi) is 9.43. The molecule has 2 aliphatic heterocycles. The molecule has 0 bridgehead atoms. The van der Waals surface area contributed by atoms with Gasteiger partial charge in [0.1, 0.15) is 5.82 Å². The monoisotopic (exact) mass is 648 g/mol. The number of pyridine rings is 1. The van der Waals surface area contributed by atoms with E-state index in [1.165, 1.54) is 11.8 Å². The third-order valence-corrected chi connectivity index (χ3v) is 8.61. The van der Waals surface area contributed by atoms with Crippen molar-refractivity contribution in [1.82, 2.24) is 14.9 Å². The van der Waals surface area contributed by atoms with Crippen LogP contribution in [0.5, 0.6) is 0 Å². The number of benzene rings is 2. The van der Waals surface area contributed by atoms with Crippen molar-refractivity contribution in [2.24, 2.45) is 0 Å². The summed E-state index contributed by atoms with van der Waals surface area (Å²) in [4.78, 5) is 39.3. The topological polar surface area (TPSA) is 115 Å². The highest BCUT2D eigenvalue weighted by atomic mass is 19.4. The number of oxazole rings is 1. The molecule has 1 atom stereocenters. The zero-order valence-electron chi connectivity index (χ0n) is 25.6. The molecule has 0 saturated carbocycles. The molecule has 2 aromatic heterocycles. The summed E-state index contributed by atoms with van der Waals surface area (Å²) in [5.41, 5.74) is 0.527. The normalized spacial score (nSPS) is 16.9. The van der Waals surface area contributed by atoms with Crippen LogP contribution in [0.3, 0.4) is 0 Å². The third kappa shape index (κ3) is 7.40. The molecule has 2 aliphatic rings. The van der Waals surface area contributed by atoms with E-state index in [4.69, 9.17) is 4.42 Å². The molecule has 0 aliphatic carbocycles. The van der Waals surface area contributed by atoms with Crippen molar-refractivity contribution in [2.75, 3.05) is 54.4 Å². The number of nitrogens with one attached hydrogen (secondary N) is 1. The van der Waals surface area contributed by atoms with Gasteiger partial charge in [-0.05, 0) is 48.4 Å². The predicted octanol–water partition coefficient (Wildman–Crippen LogP) is 5.50. The number of halogens is 3. The Labute approximate surface area is 269 Å². The second kappa shape index (κ2) is 13.8. The zero-order valence-corrected chi connectivity index (χ0v) is 25.6. The number of hydrogen-bond donors (Lipinski definition) is 2. The Balaban J connectivity index is 1.08. The summed E-state index contributed by atoms with van der Waals surface area (Å²) < 4.78 is 47.3. The van der Waals surface area contributed by atoms with Crippen LogP contribution in [0.25, 0.3) is 0 Å². The molecule has 2 amide bonds. The molecule has 246 valence electrons. The lowest BCUT2D eigenvalue weighted by atomic mass is 9.90. The fraction of sp³-hybridized carbons (Fsp3) is 0.353.